The molecule has 0 unspecified atom stereocenters. The van der Waals surface area contributed by atoms with Crippen molar-refractivity contribution >= 4 is 64.4 Å². The van der Waals surface area contributed by atoms with Crippen LogP contribution < -0.4 is 26.1 Å². The maximum absolute atomic E-state index is 12.1. The van der Waals surface area contributed by atoms with Gasteiger partial charge in [-0.3, -0.25) is 19.2 Å². The van der Waals surface area contributed by atoms with Crippen molar-refractivity contribution in [3.63, 3.8) is 0 Å². The minimum absolute atomic E-state index is 0.0887. The van der Waals surface area contributed by atoms with Crippen molar-refractivity contribution in [2.75, 3.05) is 17.7 Å². The fourth-order valence-corrected chi connectivity index (χ4v) is 3.17. The molecule has 3 rings (SSSR count). The molecule has 2 aromatic carbocycles. The van der Waals surface area contributed by atoms with E-state index in [1.165, 1.54) is 43.7 Å². The van der Waals surface area contributed by atoms with E-state index in [0.29, 0.717) is 27.9 Å². The van der Waals surface area contributed by atoms with E-state index in [9.17, 15) is 19.2 Å². The van der Waals surface area contributed by atoms with Crippen LogP contribution in [0.25, 0.3) is 0 Å². The number of furan rings is 1. The van der Waals surface area contributed by atoms with Gasteiger partial charge in [-0.2, -0.15) is 5.10 Å². The van der Waals surface area contributed by atoms with Crippen LogP contribution in [0.15, 0.2) is 58.0 Å². The molecule has 0 fully saturated rings. The first-order valence-corrected chi connectivity index (χ1v) is 11.3. The van der Waals surface area contributed by atoms with Gasteiger partial charge in [0.2, 0.25) is 0 Å². The number of hydrogen-bond acceptors (Lipinski definition) is 7. The van der Waals surface area contributed by atoms with Crippen LogP contribution in [0.3, 0.4) is 0 Å². The zero-order valence-corrected chi connectivity index (χ0v) is 21.1. The largest absolute Gasteiger partial charge is 0.495 e. The molecule has 0 radical (unpaired) electrons. The number of nitrogens with one attached hydrogen (secondary N) is 4. The number of carbonyl (C=O) groups is 4. The van der Waals surface area contributed by atoms with Gasteiger partial charge in [0.1, 0.15) is 17.3 Å². The number of anilines is 2. The number of carbonyl (C=O) groups excluding carboxylic acids is 4. The second-order valence-corrected chi connectivity index (χ2v) is 8.24. The first-order valence-electron chi connectivity index (χ1n) is 10.6. The number of methoxy groups -OCH3 is 1. The van der Waals surface area contributed by atoms with Crippen LogP contribution >= 0.6 is 23.2 Å². The second-order valence-electron chi connectivity index (χ2n) is 7.43. The third kappa shape index (κ3) is 7.82. The Hall–Kier alpha value is -4.35. The molecule has 0 spiro atoms. The fraction of sp³-hybridized carbons (Fsp3) is 0.125. The third-order valence-electron chi connectivity index (χ3n) is 4.66. The van der Waals surface area contributed by atoms with E-state index in [4.69, 9.17) is 32.4 Å². The van der Waals surface area contributed by atoms with Crippen LogP contribution in [0, 0.1) is 6.92 Å². The van der Waals surface area contributed by atoms with Gasteiger partial charge in [-0.15, -0.1) is 0 Å². The van der Waals surface area contributed by atoms with Crippen molar-refractivity contribution in [1.82, 2.24) is 10.7 Å². The van der Waals surface area contributed by atoms with Gasteiger partial charge < -0.3 is 25.1 Å². The molecule has 13 heteroatoms. The SMILES string of the molecule is COc1ccc(C)cc1NC(=O)C(=O)N/N=C/c1ccc(CNC(=O)C(=O)Nc2ccc(Cl)c(Cl)c2)o1. The van der Waals surface area contributed by atoms with Crippen LogP contribution in [-0.2, 0) is 25.7 Å². The summed E-state index contributed by atoms with van der Waals surface area (Å²) in [5, 5.41) is 11.5. The van der Waals surface area contributed by atoms with Gasteiger partial charge in [0.05, 0.1) is 35.6 Å². The molecule has 192 valence electrons. The number of benzene rings is 2. The summed E-state index contributed by atoms with van der Waals surface area (Å²) in [7, 11) is 1.44. The summed E-state index contributed by atoms with van der Waals surface area (Å²) in [5.74, 6) is -2.82. The summed E-state index contributed by atoms with van der Waals surface area (Å²) in [6.07, 6.45) is 1.17. The van der Waals surface area contributed by atoms with E-state index in [0.717, 1.165) is 5.56 Å². The van der Waals surface area contributed by atoms with Gasteiger partial charge in [0.25, 0.3) is 0 Å². The summed E-state index contributed by atoms with van der Waals surface area (Å²) >= 11 is 11.7. The van der Waals surface area contributed by atoms with E-state index in [1.54, 1.807) is 18.2 Å². The second kappa shape index (κ2) is 12.6. The number of rotatable bonds is 7. The predicted octanol–water partition coefficient (Wildman–Crippen LogP) is 3.25. The molecule has 0 atom stereocenters. The van der Waals surface area contributed by atoms with Crippen molar-refractivity contribution in [3.05, 3.63) is 75.7 Å². The van der Waals surface area contributed by atoms with Crippen molar-refractivity contribution < 1.29 is 28.3 Å². The molecule has 0 saturated heterocycles. The molecular formula is C24H21Cl2N5O6. The average Bonchev–Trinajstić information content (AvgIpc) is 3.32. The molecule has 1 aromatic heterocycles. The molecule has 1 heterocycles. The minimum atomic E-state index is -1.01. The highest BCUT2D eigenvalue weighted by molar-refractivity contribution is 6.43. The van der Waals surface area contributed by atoms with E-state index in [1.807, 2.05) is 6.92 Å². The first kappa shape index (κ1) is 27.2. The Bertz CT molecular complexity index is 1370. The smallest absolute Gasteiger partial charge is 0.329 e. The Labute approximate surface area is 221 Å². The standard InChI is InChI=1S/C24H21Cl2N5O6/c1-13-3-8-20(36-2)19(9-13)30-23(34)24(35)31-28-12-16-6-5-15(37-16)11-27-21(32)22(33)29-14-4-7-17(25)18(26)10-14/h3-10,12H,11H2,1-2H3,(H,27,32)(H,29,33)(H,30,34)(H,31,35)/b28-12+. The van der Waals surface area contributed by atoms with E-state index < -0.39 is 23.6 Å². The lowest BCUT2D eigenvalue weighted by Crippen LogP contribution is -2.34. The highest BCUT2D eigenvalue weighted by Gasteiger charge is 2.16. The van der Waals surface area contributed by atoms with E-state index >= 15 is 0 Å². The van der Waals surface area contributed by atoms with Gasteiger partial charge in [0, 0.05) is 5.69 Å². The molecule has 0 aliphatic heterocycles. The van der Waals surface area contributed by atoms with Crippen molar-refractivity contribution in [2.24, 2.45) is 5.10 Å². The number of nitrogens with zero attached hydrogens (tertiary/aromatic N) is 1. The molecule has 3 aromatic rings. The third-order valence-corrected chi connectivity index (χ3v) is 5.40. The summed E-state index contributed by atoms with van der Waals surface area (Å²) in [4.78, 5) is 48.2. The van der Waals surface area contributed by atoms with Crippen LogP contribution in [0.1, 0.15) is 17.1 Å². The molecular weight excluding hydrogens is 525 g/mol. The molecule has 0 bridgehead atoms. The summed E-state index contributed by atoms with van der Waals surface area (Å²) < 4.78 is 10.6. The van der Waals surface area contributed by atoms with Crippen LogP contribution in [0.2, 0.25) is 10.0 Å². The molecule has 4 N–H and O–H groups in total. The highest BCUT2D eigenvalue weighted by atomic mass is 35.5. The average molecular weight is 546 g/mol. The van der Waals surface area contributed by atoms with Crippen molar-refractivity contribution in [1.29, 1.82) is 0 Å². The highest BCUT2D eigenvalue weighted by Crippen LogP contribution is 2.25. The predicted molar refractivity (Wildman–Crippen MR) is 138 cm³/mol. The summed E-state index contributed by atoms with van der Waals surface area (Å²) in [5.41, 5.74) is 3.60. The van der Waals surface area contributed by atoms with Gasteiger partial charge in [-0.25, -0.2) is 5.43 Å². The van der Waals surface area contributed by atoms with Crippen molar-refractivity contribution in [2.45, 2.75) is 13.5 Å². The zero-order chi connectivity index (χ0) is 26.9. The Kier molecular flexibility index (Phi) is 9.25. The topological polar surface area (TPSA) is 151 Å². The van der Waals surface area contributed by atoms with Gasteiger partial charge in [-0.05, 0) is 55.0 Å². The Morgan fingerprint density at radius 2 is 1.68 bits per heavy atom. The molecule has 0 saturated carbocycles. The molecule has 11 nitrogen and oxygen atoms in total. The lowest BCUT2D eigenvalue weighted by Gasteiger charge is -2.10. The monoisotopic (exact) mass is 545 g/mol. The molecule has 0 aliphatic rings. The van der Waals surface area contributed by atoms with Crippen LogP contribution in [0.5, 0.6) is 5.75 Å². The van der Waals surface area contributed by atoms with Gasteiger partial charge >= 0.3 is 23.6 Å². The van der Waals surface area contributed by atoms with Gasteiger partial charge in [0.15, 0.2) is 0 Å². The van der Waals surface area contributed by atoms with Gasteiger partial charge in [-0.1, -0.05) is 29.3 Å². The quantitative estimate of drug-likeness (QED) is 0.203. The number of hydrazone groups is 1. The molecule has 0 aliphatic carbocycles. The number of amides is 4. The maximum Gasteiger partial charge on any atom is 0.329 e. The van der Waals surface area contributed by atoms with E-state index in [-0.39, 0.29) is 17.3 Å². The Balaban J connectivity index is 1.46. The van der Waals surface area contributed by atoms with Crippen LogP contribution in [-0.4, -0.2) is 37.0 Å². The number of halogens is 2. The zero-order valence-electron chi connectivity index (χ0n) is 19.6. The lowest BCUT2D eigenvalue weighted by molar-refractivity contribution is -0.136. The number of aryl methyl sites for hydroxylation is 1. The molecule has 37 heavy (non-hydrogen) atoms. The fourth-order valence-electron chi connectivity index (χ4n) is 2.87. The minimum Gasteiger partial charge on any atom is -0.495 e. The van der Waals surface area contributed by atoms with Crippen LogP contribution in [0.4, 0.5) is 11.4 Å². The Morgan fingerprint density at radius 1 is 0.919 bits per heavy atom. The lowest BCUT2D eigenvalue weighted by atomic mass is 10.2. The number of ether oxygens (including phenoxy) is 1. The summed E-state index contributed by atoms with van der Waals surface area (Å²) in [6.45, 7) is 1.74. The number of hydrogen-bond donors (Lipinski definition) is 4. The van der Waals surface area contributed by atoms with E-state index in [2.05, 4.69) is 26.5 Å². The summed E-state index contributed by atoms with van der Waals surface area (Å²) in [6, 6.07) is 12.6. The first-order chi connectivity index (χ1) is 17.7. The maximum atomic E-state index is 12.1. The normalized spacial score (nSPS) is 10.6. The Morgan fingerprint density at radius 3 is 2.41 bits per heavy atom. The van der Waals surface area contributed by atoms with Crippen molar-refractivity contribution in [3.8, 4) is 5.75 Å². The molecule has 4 amide bonds.